The SMILES string of the molecule is CCOC(=O)c1cnc(-c2ccc(Cl)cc2)nc1Nc1nc(-c2cccs2)cs1. The highest BCUT2D eigenvalue weighted by atomic mass is 35.5. The van der Waals surface area contributed by atoms with Crippen molar-refractivity contribution in [3.63, 3.8) is 0 Å². The number of carbonyl (C=O) groups excluding carboxylic acids is 1. The summed E-state index contributed by atoms with van der Waals surface area (Å²) < 4.78 is 5.14. The summed E-state index contributed by atoms with van der Waals surface area (Å²) in [4.78, 5) is 26.9. The van der Waals surface area contributed by atoms with Crippen molar-refractivity contribution in [3.05, 3.63) is 63.9 Å². The fraction of sp³-hybridized carbons (Fsp3) is 0.100. The molecular formula is C20H15ClN4O2S2. The highest BCUT2D eigenvalue weighted by molar-refractivity contribution is 7.16. The fourth-order valence-corrected chi connectivity index (χ4v) is 4.14. The zero-order chi connectivity index (χ0) is 20.2. The standard InChI is InChI=1S/C20H15ClN4O2S2/c1-2-27-19(26)14-10-22-17(12-5-7-13(21)8-6-12)24-18(14)25-20-23-15(11-29-20)16-4-3-9-28-16/h3-11H,2H2,1H3,(H,22,23,24,25). The summed E-state index contributed by atoms with van der Waals surface area (Å²) in [5.41, 5.74) is 1.90. The van der Waals surface area contributed by atoms with Gasteiger partial charge in [0.05, 0.1) is 17.2 Å². The molecule has 0 aliphatic rings. The second kappa shape index (κ2) is 8.69. The number of ether oxygens (including phenoxy) is 1. The van der Waals surface area contributed by atoms with Gasteiger partial charge in [-0.15, -0.1) is 22.7 Å². The molecule has 4 aromatic rings. The Labute approximate surface area is 180 Å². The predicted octanol–water partition coefficient (Wildman–Crippen LogP) is 5.90. The van der Waals surface area contributed by atoms with Crippen LogP contribution in [0.25, 0.3) is 22.0 Å². The summed E-state index contributed by atoms with van der Waals surface area (Å²) in [6, 6.07) is 11.2. The van der Waals surface area contributed by atoms with Crippen molar-refractivity contribution < 1.29 is 9.53 Å². The van der Waals surface area contributed by atoms with Crippen LogP contribution in [-0.4, -0.2) is 27.5 Å². The third-order valence-electron chi connectivity index (χ3n) is 3.89. The lowest BCUT2D eigenvalue weighted by Crippen LogP contribution is -2.11. The Bertz CT molecular complexity index is 1130. The van der Waals surface area contributed by atoms with Crippen molar-refractivity contribution in [3.8, 4) is 22.0 Å². The van der Waals surface area contributed by atoms with Gasteiger partial charge >= 0.3 is 5.97 Å². The van der Waals surface area contributed by atoms with Gasteiger partial charge in [-0.25, -0.2) is 19.7 Å². The van der Waals surface area contributed by atoms with Crippen molar-refractivity contribution in [2.24, 2.45) is 0 Å². The first-order valence-electron chi connectivity index (χ1n) is 8.70. The van der Waals surface area contributed by atoms with Crippen LogP contribution in [0, 0.1) is 0 Å². The first kappa shape index (κ1) is 19.5. The average Bonchev–Trinajstić information content (AvgIpc) is 3.40. The molecule has 146 valence electrons. The molecule has 0 unspecified atom stereocenters. The number of esters is 1. The van der Waals surface area contributed by atoms with Gasteiger partial charge in [-0.05, 0) is 42.6 Å². The Morgan fingerprint density at radius 2 is 2.00 bits per heavy atom. The first-order valence-corrected chi connectivity index (χ1v) is 10.8. The number of benzene rings is 1. The maximum atomic E-state index is 12.4. The number of rotatable bonds is 6. The Morgan fingerprint density at radius 3 is 2.72 bits per heavy atom. The molecule has 0 saturated heterocycles. The zero-order valence-corrected chi connectivity index (χ0v) is 17.6. The van der Waals surface area contributed by atoms with Crippen molar-refractivity contribution in [2.45, 2.75) is 6.92 Å². The maximum Gasteiger partial charge on any atom is 0.343 e. The lowest BCUT2D eigenvalue weighted by Gasteiger charge is -2.10. The molecule has 0 aliphatic carbocycles. The van der Waals surface area contributed by atoms with Crippen molar-refractivity contribution in [1.82, 2.24) is 15.0 Å². The van der Waals surface area contributed by atoms with Gasteiger partial charge in [0.25, 0.3) is 0 Å². The van der Waals surface area contributed by atoms with E-state index in [0.29, 0.717) is 21.8 Å². The molecule has 0 spiro atoms. The topological polar surface area (TPSA) is 77.0 Å². The largest absolute Gasteiger partial charge is 0.462 e. The molecule has 0 amide bonds. The number of halogens is 1. The normalized spacial score (nSPS) is 10.7. The molecule has 3 heterocycles. The smallest absolute Gasteiger partial charge is 0.343 e. The number of aromatic nitrogens is 3. The monoisotopic (exact) mass is 442 g/mol. The zero-order valence-electron chi connectivity index (χ0n) is 15.3. The van der Waals surface area contributed by atoms with E-state index >= 15 is 0 Å². The lowest BCUT2D eigenvalue weighted by atomic mass is 10.2. The van der Waals surface area contributed by atoms with Gasteiger partial charge in [-0.1, -0.05) is 17.7 Å². The van der Waals surface area contributed by atoms with Gasteiger partial charge in [-0.3, -0.25) is 0 Å². The van der Waals surface area contributed by atoms with Crippen LogP contribution in [0.1, 0.15) is 17.3 Å². The molecule has 1 aromatic carbocycles. The maximum absolute atomic E-state index is 12.4. The van der Waals surface area contributed by atoms with Crippen LogP contribution in [0.5, 0.6) is 0 Å². The highest BCUT2D eigenvalue weighted by Gasteiger charge is 2.18. The minimum atomic E-state index is -0.493. The van der Waals surface area contributed by atoms with Gasteiger partial charge in [-0.2, -0.15) is 0 Å². The summed E-state index contributed by atoms with van der Waals surface area (Å²) in [6.07, 6.45) is 1.46. The second-order valence-corrected chi connectivity index (χ2v) is 8.07. The molecule has 0 bridgehead atoms. The number of thiazole rings is 1. The average molecular weight is 443 g/mol. The van der Waals surface area contributed by atoms with Crippen molar-refractivity contribution in [2.75, 3.05) is 11.9 Å². The number of anilines is 2. The molecule has 4 rings (SSSR count). The molecule has 3 aromatic heterocycles. The lowest BCUT2D eigenvalue weighted by molar-refractivity contribution is 0.0526. The Balaban J connectivity index is 1.69. The fourth-order valence-electron chi connectivity index (χ4n) is 2.54. The molecule has 0 atom stereocenters. The van der Waals surface area contributed by atoms with Crippen molar-refractivity contribution in [1.29, 1.82) is 0 Å². The van der Waals surface area contributed by atoms with Crippen LogP contribution in [0.15, 0.2) is 53.4 Å². The number of hydrogen-bond donors (Lipinski definition) is 1. The molecule has 0 radical (unpaired) electrons. The first-order chi connectivity index (χ1) is 14.1. The number of thiophene rings is 1. The predicted molar refractivity (Wildman–Crippen MR) is 117 cm³/mol. The second-order valence-electron chi connectivity index (χ2n) is 5.82. The molecule has 9 heteroatoms. The molecule has 0 saturated carbocycles. The minimum Gasteiger partial charge on any atom is -0.462 e. The van der Waals surface area contributed by atoms with E-state index in [1.807, 2.05) is 35.0 Å². The van der Waals surface area contributed by atoms with E-state index < -0.39 is 5.97 Å². The van der Waals surface area contributed by atoms with E-state index in [1.165, 1.54) is 17.5 Å². The van der Waals surface area contributed by atoms with E-state index in [-0.39, 0.29) is 12.2 Å². The molecule has 0 fully saturated rings. The third kappa shape index (κ3) is 4.45. The Hall–Kier alpha value is -2.81. The van der Waals surface area contributed by atoms with Crippen LogP contribution in [-0.2, 0) is 4.74 Å². The summed E-state index contributed by atoms with van der Waals surface area (Å²) >= 11 is 9.01. The summed E-state index contributed by atoms with van der Waals surface area (Å²) in [7, 11) is 0. The summed E-state index contributed by atoms with van der Waals surface area (Å²) in [5.74, 6) is 0.315. The minimum absolute atomic E-state index is 0.248. The highest BCUT2D eigenvalue weighted by Crippen LogP contribution is 2.31. The quantitative estimate of drug-likeness (QED) is 0.374. The number of carbonyl (C=O) groups is 1. The molecule has 29 heavy (non-hydrogen) atoms. The number of hydrogen-bond acceptors (Lipinski definition) is 8. The van der Waals surface area contributed by atoms with Crippen LogP contribution in [0.4, 0.5) is 10.9 Å². The van der Waals surface area contributed by atoms with Gasteiger partial charge < -0.3 is 10.1 Å². The van der Waals surface area contributed by atoms with E-state index in [9.17, 15) is 4.79 Å². The van der Waals surface area contributed by atoms with Gasteiger partial charge in [0.2, 0.25) is 0 Å². The molecule has 6 nitrogen and oxygen atoms in total. The molecule has 0 aliphatic heterocycles. The van der Waals surface area contributed by atoms with Gasteiger partial charge in [0.15, 0.2) is 16.8 Å². The summed E-state index contributed by atoms with van der Waals surface area (Å²) in [5, 5.41) is 8.36. The van der Waals surface area contributed by atoms with Crippen LogP contribution in [0.2, 0.25) is 5.02 Å². The summed E-state index contributed by atoms with van der Waals surface area (Å²) in [6.45, 7) is 2.01. The van der Waals surface area contributed by atoms with E-state index in [1.54, 1.807) is 30.4 Å². The van der Waals surface area contributed by atoms with Crippen LogP contribution in [0.3, 0.4) is 0 Å². The van der Waals surface area contributed by atoms with Crippen molar-refractivity contribution >= 4 is 51.2 Å². The third-order valence-corrected chi connectivity index (χ3v) is 5.79. The van der Waals surface area contributed by atoms with Crippen LogP contribution < -0.4 is 5.32 Å². The van der Waals surface area contributed by atoms with E-state index in [2.05, 4.69) is 20.3 Å². The number of nitrogens with one attached hydrogen (secondary N) is 1. The Kier molecular flexibility index (Phi) is 5.84. The van der Waals surface area contributed by atoms with Crippen LogP contribution >= 0.6 is 34.3 Å². The van der Waals surface area contributed by atoms with Gasteiger partial charge in [0.1, 0.15) is 5.56 Å². The number of nitrogens with zero attached hydrogens (tertiary/aromatic N) is 3. The molecular weight excluding hydrogens is 428 g/mol. The van der Waals surface area contributed by atoms with E-state index in [0.717, 1.165) is 16.1 Å². The van der Waals surface area contributed by atoms with E-state index in [4.69, 9.17) is 16.3 Å². The molecule has 1 N–H and O–H groups in total. The van der Waals surface area contributed by atoms with Gasteiger partial charge in [0, 0.05) is 22.2 Å². The Morgan fingerprint density at radius 1 is 1.17 bits per heavy atom.